The fourth-order valence-corrected chi connectivity index (χ4v) is 2.00. The van der Waals surface area contributed by atoms with Gasteiger partial charge in [0.15, 0.2) is 0 Å². The van der Waals surface area contributed by atoms with Crippen LogP contribution in [-0.4, -0.2) is 47.7 Å². The zero-order valence-electron chi connectivity index (χ0n) is 10.5. The Bertz CT molecular complexity index is 398. The van der Waals surface area contributed by atoms with Crippen molar-refractivity contribution in [3.05, 3.63) is 24.5 Å². The van der Waals surface area contributed by atoms with Gasteiger partial charge in [0.2, 0.25) is 5.91 Å². The van der Waals surface area contributed by atoms with Crippen LogP contribution in [0.4, 0.5) is 0 Å². The highest BCUT2D eigenvalue weighted by Crippen LogP contribution is 2.16. The Labute approximate surface area is 111 Å². The zero-order valence-corrected chi connectivity index (χ0v) is 11.3. The third-order valence-corrected chi connectivity index (χ3v) is 3.11. The molecule has 0 saturated heterocycles. The molecule has 0 atom stereocenters. The van der Waals surface area contributed by atoms with Crippen molar-refractivity contribution in [2.75, 3.05) is 26.0 Å². The molecular weight excluding hydrogens is 252 g/mol. The van der Waals surface area contributed by atoms with Crippen LogP contribution < -0.4 is 0 Å². The first-order chi connectivity index (χ1) is 8.63. The summed E-state index contributed by atoms with van der Waals surface area (Å²) in [6.45, 7) is 2.05. The number of esters is 1. The predicted octanol–water partition coefficient (Wildman–Crippen LogP) is 1.20. The molecule has 5 nitrogen and oxygen atoms in total. The third-order valence-electron chi connectivity index (χ3n) is 2.11. The molecule has 0 saturated carbocycles. The van der Waals surface area contributed by atoms with Crippen LogP contribution in [0, 0.1) is 0 Å². The van der Waals surface area contributed by atoms with E-state index in [-0.39, 0.29) is 18.4 Å². The van der Waals surface area contributed by atoms with E-state index < -0.39 is 0 Å². The van der Waals surface area contributed by atoms with E-state index in [1.807, 2.05) is 12.1 Å². The molecule has 0 fully saturated rings. The van der Waals surface area contributed by atoms with Crippen LogP contribution in [0.2, 0.25) is 0 Å². The molecule has 0 aliphatic carbocycles. The van der Waals surface area contributed by atoms with E-state index in [4.69, 9.17) is 4.74 Å². The first-order valence-electron chi connectivity index (χ1n) is 5.56. The lowest BCUT2D eigenvalue weighted by atomic mass is 10.5. The first kappa shape index (κ1) is 14.5. The van der Waals surface area contributed by atoms with Crippen molar-refractivity contribution in [3.8, 4) is 0 Å². The summed E-state index contributed by atoms with van der Waals surface area (Å²) >= 11 is 1.41. The van der Waals surface area contributed by atoms with Crippen molar-refractivity contribution in [1.29, 1.82) is 0 Å². The molecule has 98 valence electrons. The van der Waals surface area contributed by atoms with E-state index in [2.05, 4.69) is 4.98 Å². The number of thioether (sulfide) groups is 1. The second-order valence-corrected chi connectivity index (χ2v) is 4.58. The van der Waals surface area contributed by atoms with Crippen LogP contribution in [0.5, 0.6) is 0 Å². The van der Waals surface area contributed by atoms with E-state index in [0.717, 1.165) is 4.90 Å². The summed E-state index contributed by atoms with van der Waals surface area (Å²) < 4.78 is 4.78. The molecule has 1 aromatic rings. The summed E-state index contributed by atoms with van der Waals surface area (Å²) in [7, 11) is 1.59. The number of likely N-dealkylation sites (N-methyl/N-ethyl adjacent to an activating group) is 1. The molecule has 0 radical (unpaired) electrons. The number of rotatable bonds is 6. The summed E-state index contributed by atoms with van der Waals surface area (Å²) in [5.41, 5.74) is 0. The smallest absolute Gasteiger partial charge is 0.325 e. The summed E-state index contributed by atoms with van der Waals surface area (Å²) in [5.74, 6) is -0.202. The van der Waals surface area contributed by atoms with Crippen molar-refractivity contribution >= 4 is 23.6 Å². The highest BCUT2D eigenvalue weighted by atomic mass is 32.2. The normalized spacial score (nSPS) is 9.89. The van der Waals surface area contributed by atoms with E-state index in [9.17, 15) is 9.59 Å². The van der Waals surface area contributed by atoms with Gasteiger partial charge in [-0.15, -0.1) is 11.8 Å². The van der Waals surface area contributed by atoms with Gasteiger partial charge in [0.05, 0.1) is 12.4 Å². The minimum atomic E-state index is -0.387. The molecule has 0 aliphatic heterocycles. The second kappa shape index (κ2) is 7.71. The van der Waals surface area contributed by atoms with Crippen LogP contribution in [0.25, 0.3) is 0 Å². The first-order valence-corrected chi connectivity index (χ1v) is 6.54. The summed E-state index contributed by atoms with van der Waals surface area (Å²) in [6.07, 6.45) is 3.35. The van der Waals surface area contributed by atoms with Gasteiger partial charge in [0, 0.05) is 24.3 Å². The standard InChI is InChI=1S/C12H16N2O3S/c1-3-17-12(16)8-14(2)11(15)9-18-10-4-6-13-7-5-10/h4-7H,3,8-9H2,1-2H3. The number of ether oxygens (including phenoxy) is 1. The molecule has 18 heavy (non-hydrogen) atoms. The largest absolute Gasteiger partial charge is 0.465 e. The molecule has 1 aromatic heterocycles. The van der Waals surface area contributed by atoms with Crippen LogP contribution in [0.15, 0.2) is 29.4 Å². The Balaban J connectivity index is 2.34. The minimum absolute atomic E-state index is 0.0103. The summed E-state index contributed by atoms with van der Waals surface area (Å²) in [6, 6.07) is 3.67. The topological polar surface area (TPSA) is 59.5 Å². The number of aromatic nitrogens is 1. The van der Waals surface area contributed by atoms with Crippen LogP contribution in [0.3, 0.4) is 0 Å². The lowest BCUT2D eigenvalue weighted by Gasteiger charge is -2.15. The molecule has 1 amide bonds. The van der Waals surface area contributed by atoms with E-state index in [0.29, 0.717) is 12.4 Å². The van der Waals surface area contributed by atoms with Crippen LogP contribution in [-0.2, 0) is 14.3 Å². The van der Waals surface area contributed by atoms with E-state index >= 15 is 0 Å². The number of carbonyl (C=O) groups excluding carboxylic acids is 2. The minimum Gasteiger partial charge on any atom is -0.465 e. The lowest BCUT2D eigenvalue weighted by molar-refractivity contribution is -0.147. The van der Waals surface area contributed by atoms with Crippen molar-refractivity contribution in [2.45, 2.75) is 11.8 Å². The monoisotopic (exact) mass is 268 g/mol. The van der Waals surface area contributed by atoms with E-state index in [1.54, 1.807) is 26.4 Å². The van der Waals surface area contributed by atoms with Gasteiger partial charge < -0.3 is 9.64 Å². The molecule has 6 heteroatoms. The highest BCUT2D eigenvalue weighted by molar-refractivity contribution is 8.00. The molecule has 1 rings (SSSR count). The van der Waals surface area contributed by atoms with Gasteiger partial charge in [0.25, 0.3) is 0 Å². The maximum Gasteiger partial charge on any atom is 0.325 e. The molecule has 0 aliphatic rings. The Morgan fingerprint density at radius 1 is 1.39 bits per heavy atom. The summed E-state index contributed by atoms with van der Waals surface area (Å²) in [4.78, 5) is 29.2. The van der Waals surface area contributed by atoms with Gasteiger partial charge in [-0.05, 0) is 19.1 Å². The van der Waals surface area contributed by atoms with Crippen molar-refractivity contribution in [1.82, 2.24) is 9.88 Å². The number of nitrogens with zero attached hydrogens (tertiary/aromatic N) is 2. The molecule has 0 bridgehead atoms. The molecule has 0 spiro atoms. The van der Waals surface area contributed by atoms with Gasteiger partial charge in [-0.1, -0.05) is 0 Å². The average molecular weight is 268 g/mol. The van der Waals surface area contributed by atoms with Gasteiger partial charge in [-0.2, -0.15) is 0 Å². The Morgan fingerprint density at radius 3 is 2.67 bits per heavy atom. The van der Waals surface area contributed by atoms with Gasteiger partial charge in [-0.25, -0.2) is 0 Å². The number of pyridine rings is 1. The maximum atomic E-state index is 11.7. The van der Waals surface area contributed by atoms with Crippen molar-refractivity contribution in [3.63, 3.8) is 0 Å². The van der Waals surface area contributed by atoms with Crippen molar-refractivity contribution < 1.29 is 14.3 Å². The molecular formula is C12H16N2O3S. The second-order valence-electron chi connectivity index (χ2n) is 3.53. The van der Waals surface area contributed by atoms with Crippen molar-refractivity contribution in [2.24, 2.45) is 0 Å². The number of hydrogen-bond donors (Lipinski definition) is 0. The van der Waals surface area contributed by atoms with Gasteiger partial charge in [0.1, 0.15) is 6.54 Å². The van der Waals surface area contributed by atoms with Gasteiger partial charge in [-0.3, -0.25) is 14.6 Å². The summed E-state index contributed by atoms with van der Waals surface area (Å²) in [5, 5.41) is 0. The van der Waals surface area contributed by atoms with Gasteiger partial charge >= 0.3 is 5.97 Å². The SMILES string of the molecule is CCOC(=O)CN(C)C(=O)CSc1ccncc1. The Hall–Kier alpha value is -1.56. The Morgan fingerprint density at radius 2 is 2.06 bits per heavy atom. The van der Waals surface area contributed by atoms with Crippen LogP contribution >= 0.6 is 11.8 Å². The highest BCUT2D eigenvalue weighted by Gasteiger charge is 2.13. The number of carbonyl (C=O) groups is 2. The molecule has 0 unspecified atom stereocenters. The molecule has 0 N–H and O–H groups in total. The zero-order chi connectivity index (χ0) is 13.4. The maximum absolute atomic E-state index is 11.7. The lowest BCUT2D eigenvalue weighted by Crippen LogP contribution is -2.34. The van der Waals surface area contributed by atoms with E-state index in [1.165, 1.54) is 16.7 Å². The fourth-order valence-electron chi connectivity index (χ4n) is 1.18. The third kappa shape index (κ3) is 5.18. The quantitative estimate of drug-likeness (QED) is 0.573. The molecule has 0 aromatic carbocycles. The fraction of sp³-hybridized carbons (Fsp3) is 0.417. The average Bonchev–Trinajstić information content (AvgIpc) is 2.37. The Kier molecular flexibility index (Phi) is 6.21. The van der Waals surface area contributed by atoms with Crippen LogP contribution in [0.1, 0.15) is 6.92 Å². The predicted molar refractivity (Wildman–Crippen MR) is 69.2 cm³/mol. The number of hydrogen-bond acceptors (Lipinski definition) is 5. The molecule has 1 heterocycles. The number of amides is 1.